The fourth-order valence-electron chi connectivity index (χ4n) is 2.48. The molecule has 2 rings (SSSR count). The maximum Gasteiger partial charge on any atom is 0.305 e. The van der Waals surface area contributed by atoms with Gasteiger partial charge in [-0.05, 0) is 43.7 Å². The van der Waals surface area contributed by atoms with Gasteiger partial charge in [-0.1, -0.05) is 12.1 Å². The van der Waals surface area contributed by atoms with Crippen LogP contribution in [0.1, 0.15) is 41.6 Å². The van der Waals surface area contributed by atoms with E-state index >= 15 is 0 Å². The Hall–Kier alpha value is -1.86. The van der Waals surface area contributed by atoms with Crippen LogP contribution in [0.2, 0.25) is 0 Å². The Morgan fingerprint density at radius 2 is 2.04 bits per heavy atom. The van der Waals surface area contributed by atoms with E-state index in [1.807, 2.05) is 42.8 Å². The molecule has 0 aliphatic heterocycles. The minimum absolute atomic E-state index is 0.129. The molecule has 0 saturated heterocycles. The largest absolute Gasteiger partial charge is 0.481 e. The van der Waals surface area contributed by atoms with Crippen molar-refractivity contribution in [3.8, 4) is 0 Å². The van der Waals surface area contributed by atoms with Crippen molar-refractivity contribution >= 4 is 35.0 Å². The molecule has 0 radical (unpaired) electrons. The van der Waals surface area contributed by atoms with E-state index in [9.17, 15) is 9.59 Å². The standard InChI is InChI=1S/C18H22N2O3S2/c1-12-19-14(11-25-12)4-3-5-17(21)20-16(10-18(22)23)13-6-8-15(24-2)9-7-13/h6-9,11,16H,3-5,10H2,1-2H3,(H,20,21)(H,22,23). The summed E-state index contributed by atoms with van der Waals surface area (Å²) >= 11 is 3.22. The van der Waals surface area contributed by atoms with E-state index in [1.165, 1.54) is 0 Å². The van der Waals surface area contributed by atoms with Crippen LogP contribution >= 0.6 is 23.1 Å². The number of aryl methyl sites for hydroxylation is 2. The van der Waals surface area contributed by atoms with Crippen molar-refractivity contribution in [3.05, 3.63) is 45.9 Å². The van der Waals surface area contributed by atoms with Crippen molar-refractivity contribution in [1.82, 2.24) is 10.3 Å². The summed E-state index contributed by atoms with van der Waals surface area (Å²) in [5, 5.41) is 15.0. The predicted octanol–water partition coefficient (Wildman–Crippen LogP) is 3.83. The molecule has 2 aromatic rings. The van der Waals surface area contributed by atoms with Crippen LogP contribution in [0.4, 0.5) is 0 Å². The third-order valence-corrected chi connectivity index (χ3v) is 5.30. The number of aliphatic carboxylic acids is 1. The van der Waals surface area contributed by atoms with E-state index in [1.54, 1.807) is 23.1 Å². The van der Waals surface area contributed by atoms with Gasteiger partial charge in [-0.3, -0.25) is 9.59 Å². The zero-order valence-corrected chi connectivity index (χ0v) is 16.0. The minimum atomic E-state index is -0.933. The van der Waals surface area contributed by atoms with Gasteiger partial charge in [0.1, 0.15) is 0 Å². The quantitative estimate of drug-likeness (QED) is 0.648. The summed E-state index contributed by atoms with van der Waals surface area (Å²) in [6.07, 6.45) is 3.66. The number of carboxylic acids is 1. The Bertz CT molecular complexity index is 713. The van der Waals surface area contributed by atoms with Crippen molar-refractivity contribution in [2.24, 2.45) is 0 Å². The lowest BCUT2D eigenvalue weighted by molar-refractivity contribution is -0.137. The Morgan fingerprint density at radius 3 is 2.60 bits per heavy atom. The predicted molar refractivity (Wildman–Crippen MR) is 101 cm³/mol. The monoisotopic (exact) mass is 378 g/mol. The molecular weight excluding hydrogens is 356 g/mol. The van der Waals surface area contributed by atoms with Gasteiger partial charge in [0.05, 0.1) is 23.2 Å². The minimum Gasteiger partial charge on any atom is -0.481 e. The number of hydrogen-bond acceptors (Lipinski definition) is 5. The first kappa shape index (κ1) is 19.5. The summed E-state index contributed by atoms with van der Waals surface area (Å²) in [5.74, 6) is -1.07. The summed E-state index contributed by atoms with van der Waals surface area (Å²) in [7, 11) is 0. The lowest BCUT2D eigenvalue weighted by Gasteiger charge is -2.18. The Morgan fingerprint density at radius 1 is 1.32 bits per heavy atom. The first-order valence-electron chi connectivity index (χ1n) is 8.04. The zero-order valence-electron chi connectivity index (χ0n) is 14.3. The number of hydrogen-bond donors (Lipinski definition) is 2. The van der Waals surface area contributed by atoms with Crippen LogP contribution in [0.5, 0.6) is 0 Å². The van der Waals surface area contributed by atoms with Gasteiger partial charge in [0, 0.05) is 16.7 Å². The van der Waals surface area contributed by atoms with Gasteiger partial charge in [-0.2, -0.15) is 0 Å². The number of benzene rings is 1. The van der Waals surface area contributed by atoms with Gasteiger partial charge in [0.15, 0.2) is 0 Å². The van der Waals surface area contributed by atoms with Gasteiger partial charge >= 0.3 is 5.97 Å². The average molecular weight is 379 g/mol. The normalized spacial score (nSPS) is 11.9. The first-order chi connectivity index (χ1) is 12.0. The molecule has 0 aliphatic carbocycles. The number of amides is 1. The molecule has 1 atom stereocenters. The van der Waals surface area contributed by atoms with Gasteiger partial charge in [-0.25, -0.2) is 4.98 Å². The Balaban J connectivity index is 1.90. The number of carboxylic acid groups (broad SMARTS) is 1. The number of rotatable bonds is 9. The van der Waals surface area contributed by atoms with E-state index in [2.05, 4.69) is 10.3 Å². The molecule has 2 N–H and O–H groups in total. The van der Waals surface area contributed by atoms with Gasteiger partial charge in [0.2, 0.25) is 5.91 Å². The highest BCUT2D eigenvalue weighted by atomic mass is 32.2. The lowest BCUT2D eigenvalue weighted by atomic mass is 10.0. The molecule has 0 spiro atoms. The van der Waals surface area contributed by atoms with Gasteiger partial charge in [-0.15, -0.1) is 23.1 Å². The van der Waals surface area contributed by atoms with Crippen molar-refractivity contribution in [2.75, 3.05) is 6.26 Å². The van der Waals surface area contributed by atoms with E-state index in [-0.39, 0.29) is 12.3 Å². The molecular formula is C18H22N2O3S2. The molecule has 0 fully saturated rings. The van der Waals surface area contributed by atoms with E-state index in [0.29, 0.717) is 12.8 Å². The average Bonchev–Trinajstić information content (AvgIpc) is 2.99. The summed E-state index contributed by atoms with van der Waals surface area (Å²) in [4.78, 5) is 28.8. The molecule has 1 amide bonds. The number of nitrogens with one attached hydrogen (secondary N) is 1. The van der Waals surface area contributed by atoms with Crippen LogP contribution in [-0.2, 0) is 16.0 Å². The SMILES string of the molecule is CSc1ccc(C(CC(=O)O)NC(=O)CCCc2csc(C)n2)cc1. The molecule has 1 aromatic carbocycles. The summed E-state index contributed by atoms with van der Waals surface area (Å²) < 4.78 is 0. The van der Waals surface area contributed by atoms with Crippen LogP contribution in [0.25, 0.3) is 0 Å². The molecule has 5 nitrogen and oxygen atoms in total. The van der Waals surface area contributed by atoms with Crippen LogP contribution in [0.15, 0.2) is 34.5 Å². The summed E-state index contributed by atoms with van der Waals surface area (Å²) in [5.41, 5.74) is 1.81. The third-order valence-electron chi connectivity index (χ3n) is 3.74. The number of carbonyl (C=O) groups is 2. The fourth-order valence-corrected chi connectivity index (χ4v) is 3.54. The molecule has 7 heteroatoms. The van der Waals surface area contributed by atoms with Crippen molar-refractivity contribution < 1.29 is 14.7 Å². The zero-order chi connectivity index (χ0) is 18.2. The second-order valence-electron chi connectivity index (χ2n) is 5.70. The van der Waals surface area contributed by atoms with Crippen molar-refractivity contribution in [1.29, 1.82) is 0 Å². The van der Waals surface area contributed by atoms with E-state index in [0.717, 1.165) is 27.6 Å². The molecule has 0 bridgehead atoms. The molecule has 134 valence electrons. The van der Waals surface area contributed by atoms with Crippen LogP contribution in [0, 0.1) is 6.92 Å². The van der Waals surface area contributed by atoms with Crippen molar-refractivity contribution in [2.45, 2.75) is 43.5 Å². The van der Waals surface area contributed by atoms with Crippen LogP contribution in [-0.4, -0.2) is 28.2 Å². The smallest absolute Gasteiger partial charge is 0.305 e. The highest BCUT2D eigenvalue weighted by molar-refractivity contribution is 7.98. The molecule has 1 heterocycles. The molecule has 1 unspecified atom stereocenters. The molecule has 0 saturated carbocycles. The Kier molecular flexibility index (Phi) is 7.46. The maximum absolute atomic E-state index is 12.2. The maximum atomic E-state index is 12.2. The van der Waals surface area contributed by atoms with E-state index < -0.39 is 12.0 Å². The number of thiazole rings is 1. The highest BCUT2D eigenvalue weighted by Gasteiger charge is 2.18. The number of aromatic nitrogens is 1. The summed E-state index contributed by atoms with van der Waals surface area (Å²) in [6.45, 7) is 1.96. The van der Waals surface area contributed by atoms with Crippen molar-refractivity contribution in [3.63, 3.8) is 0 Å². The lowest BCUT2D eigenvalue weighted by Crippen LogP contribution is -2.30. The summed E-state index contributed by atoms with van der Waals surface area (Å²) in [6, 6.07) is 7.11. The van der Waals surface area contributed by atoms with Crippen LogP contribution < -0.4 is 5.32 Å². The number of thioether (sulfide) groups is 1. The Labute approximate surface area is 155 Å². The molecule has 1 aromatic heterocycles. The van der Waals surface area contributed by atoms with Gasteiger partial charge in [0.25, 0.3) is 0 Å². The number of carbonyl (C=O) groups excluding carboxylic acids is 1. The second kappa shape index (κ2) is 9.58. The molecule has 0 aliphatic rings. The first-order valence-corrected chi connectivity index (χ1v) is 10.1. The molecule has 25 heavy (non-hydrogen) atoms. The number of nitrogens with zero attached hydrogens (tertiary/aromatic N) is 1. The third kappa shape index (κ3) is 6.51. The second-order valence-corrected chi connectivity index (χ2v) is 7.64. The van der Waals surface area contributed by atoms with Gasteiger partial charge < -0.3 is 10.4 Å². The van der Waals surface area contributed by atoms with E-state index in [4.69, 9.17) is 5.11 Å². The fraction of sp³-hybridized carbons (Fsp3) is 0.389. The highest BCUT2D eigenvalue weighted by Crippen LogP contribution is 2.21. The topological polar surface area (TPSA) is 79.3 Å². The van der Waals surface area contributed by atoms with Crippen LogP contribution in [0.3, 0.4) is 0 Å².